The van der Waals surface area contributed by atoms with Gasteiger partial charge in [0.1, 0.15) is 11.4 Å². The van der Waals surface area contributed by atoms with Gasteiger partial charge < -0.3 is 4.74 Å². The molecule has 0 saturated heterocycles. The predicted molar refractivity (Wildman–Crippen MR) is 96.0 cm³/mol. The van der Waals surface area contributed by atoms with Crippen LogP contribution >= 0.6 is 0 Å². The number of hydrogen-bond donors (Lipinski definition) is 0. The molecule has 3 rings (SSSR count). The van der Waals surface area contributed by atoms with Gasteiger partial charge in [0.15, 0.2) is 0 Å². The van der Waals surface area contributed by atoms with Crippen molar-refractivity contribution >= 4 is 0 Å². The zero-order valence-corrected chi connectivity index (χ0v) is 14.1. The molecule has 3 aromatic rings. The lowest BCUT2D eigenvalue weighted by Gasteiger charge is -2.05. The van der Waals surface area contributed by atoms with E-state index in [2.05, 4.69) is 29.4 Å². The van der Waals surface area contributed by atoms with Crippen molar-refractivity contribution in [1.82, 2.24) is 15.0 Å². The Labute approximate surface area is 143 Å². The van der Waals surface area contributed by atoms with E-state index in [1.165, 1.54) is 18.4 Å². The van der Waals surface area contributed by atoms with E-state index in [-0.39, 0.29) is 0 Å². The van der Waals surface area contributed by atoms with E-state index in [4.69, 9.17) is 4.74 Å². The molecule has 0 spiro atoms. The highest BCUT2D eigenvalue weighted by molar-refractivity contribution is 5.58. The molecule has 0 fully saturated rings. The Morgan fingerprint density at radius 3 is 2.50 bits per heavy atom. The molecule has 4 heteroatoms. The van der Waals surface area contributed by atoms with Crippen LogP contribution in [0.5, 0.6) is 5.75 Å². The van der Waals surface area contributed by atoms with Gasteiger partial charge in [-0.1, -0.05) is 55.3 Å². The summed E-state index contributed by atoms with van der Waals surface area (Å²) in [6, 6.07) is 18.3. The second kappa shape index (κ2) is 8.29. The zero-order valence-electron chi connectivity index (χ0n) is 14.1. The lowest BCUT2D eigenvalue weighted by atomic mass is 10.1. The third kappa shape index (κ3) is 4.44. The Morgan fingerprint density at radius 1 is 0.958 bits per heavy atom. The molecule has 0 amide bonds. The molecule has 0 unspecified atom stereocenters. The Bertz CT molecular complexity index is 735. The molecule has 0 aliphatic carbocycles. The molecule has 1 aromatic heterocycles. The van der Waals surface area contributed by atoms with Gasteiger partial charge in [0.05, 0.1) is 19.3 Å². The summed E-state index contributed by atoms with van der Waals surface area (Å²) in [4.78, 5) is 0. The summed E-state index contributed by atoms with van der Waals surface area (Å²) in [6.07, 6.45) is 5.50. The highest BCUT2D eigenvalue weighted by atomic mass is 16.5. The molecule has 0 aliphatic rings. The van der Waals surface area contributed by atoms with E-state index >= 15 is 0 Å². The number of benzene rings is 2. The van der Waals surface area contributed by atoms with Crippen molar-refractivity contribution in [3.63, 3.8) is 0 Å². The second-order valence-corrected chi connectivity index (χ2v) is 5.87. The molecule has 124 valence electrons. The summed E-state index contributed by atoms with van der Waals surface area (Å²) in [5.74, 6) is 0.909. The molecule has 0 aliphatic heterocycles. The molecule has 24 heavy (non-hydrogen) atoms. The minimum Gasteiger partial charge on any atom is -0.494 e. The third-order valence-corrected chi connectivity index (χ3v) is 3.89. The number of aromatic nitrogens is 3. The molecular formula is C20H23N3O. The van der Waals surface area contributed by atoms with Crippen LogP contribution < -0.4 is 4.74 Å². The minimum absolute atomic E-state index is 0.729. The normalized spacial score (nSPS) is 10.7. The summed E-state index contributed by atoms with van der Waals surface area (Å²) in [5, 5.41) is 8.49. The van der Waals surface area contributed by atoms with Gasteiger partial charge in [-0.25, -0.2) is 4.68 Å². The maximum atomic E-state index is 5.74. The van der Waals surface area contributed by atoms with Crippen molar-refractivity contribution in [3.8, 4) is 17.0 Å². The quantitative estimate of drug-likeness (QED) is 0.571. The fourth-order valence-electron chi connectivity index (χ4n) is 2.54. The first-order chi connectivity index (χ1) is 11.8. The topological polar surface area (TPSA) is 39.9 Å². The molecular weight excluding hydrogens is 298 g/mol. The smallest absolute Gasteiger partial charge is 0.119 e. The van der Waals surface area contributed by atoms with Crippen molar-refractivity contribution in [2.24, 2.45) is 0 Å². The number of hydrogen-bond acceptors (Lipinski definition) is 3. The Hall–Kier alpha value is -2.62. The van der Waals surface area contributed by atoms with Crippen molar-refractivity contribution in [1.29, 1.82) is 0 Å². The van der Waals surface area contributed by atoms with Gasteiger partial charge in [0, 0.05) is 5.56 Å². The van der Waals surface area contributed by atoms with E-state index in [1.807, 2.05) is 53.3 Å². The van der Waals surface area contributed by atoms with E-state index in [9.17, 15) is 0 Å². The minimum atomic E-state index is 0.729. The van der Waals surface area contributed by atoms with Crippen LogP contribution in [0.1, 0.15) is 31.7 Å². The maximum Gasteiger partial charge on any atom is 0.119 e. The van der Waals surface area contributed by atoms with Crippen LogP contribution in [-0.2, 0) is 6.54 Å². The molecule has 0 saturated carbocycles. The van der Waals surface area contributed by atoms with Gasteiger partial charge in [0.25, 0.3) is 0 Å². The fourth-order valence-corrected chi connectivity index (χ4v) is 2.54. The van der Waals surface area contributed by atoms with Crippen LogP contribution in [0.25, 0.3) is 11.3 Å². The van der Waals surface area contributed by atoms with Crippen LogP contribution in [0, 0.1) is 0 Å². The highest BCUT2D eigenvalue weighted by Gasteiger charge is 2.05. The molecule has 4 nitrogen and oxygen atoms in total. The van der Waals surface area contributed by atoms with E-state index in [0.717, 1.165) is 36.6 Å². The van der Waals surface area contributed by atoms with Crippen LogP contribution in [0.4, 0.5) is 0 Å². The van der Waals surface area contributed by atoms with Gasteiger partial charge >= 0.3 is 0 Å². The summed E-state index contributed by atoms with van der Waals surface area (Å²) >= 11 is 0. The summed E-state index contributed by atoms with van der Waals surface area (Å²) in [6.45, 7) is 3.70. The number of nitrogens with zero attached hydrogens (tertiary/aromatic N) is 3. The largest absolute Gasteiger partial charge is 0.494 e. The van der Waals surface area contributed by atoms with Gasteiger partial charge in [-0.15, -0.1) is 5.10 Å². The summed E-state index contributed by atoms with van der Waals surface area (Å²) in [5.41, 5.74) is 3.14. The lowest BCUT2D eigenvalue weighted by Crippen LogP contribution is -1.99. The van der Waals surface area contributed by atoms with Crippen LogP contribution in [0.2, 0.25) is 0 Å². The fraction of sp³-hybridized carbons (Fsp3) is 0.300. The SMILES string of the molecule is CCCCCOc1ccc(-c2cn(Cc3ccccc3)nn2)cc1. The van der Waals surface area contributed by atoms with E-state index < -0.39 is 0 Å². The van der Waals surface area contributed by atoms with Crippen molar-refractivity contribution < 1.29 is 4.74 Å². The molecule has 0 radical (unpaired) electrons. The van der Waals surface area contributed by atoms with E-state index in [1.54, 1.807) is 0 Å². The van der Waals surface area contributed by atoms with Gasteiger partial charge in [-0.05, 0) is 36.2 Å². The molecule has 0 N–H and O–H groups in total. The first-order valence-electron chi connectivity index (χ1n) is 8.52. The van der Waals surface area contributed by atoms with Gasteiger partial charge in [0.2, 0.25) is 0 Å². The Morgan fingerprint density at radius 2 is 1.75 bits per heavy atom. The summed E-state index contributed by atoms with van der Waals surface area (Å²) < 4.78 is 7.60. The molecule has 1 heterocycles. The lowest BCUT2D eigenvalue weighted by molar-refractivity contribution is 0.306. The van der Waals surface area contributed by atoms with Crippen molar-refractivity contribution in [2.45, 2.75) is 32.7 Å². The first-order valence-corrected chi connectivity index (χ1v) is 8.52. The number of unbranched alkanes of at least 4 members (excludes halogenated alkanes) is 2. The average Bonchev–Trinajstić information content (AvgIpc) is 3.09. The first kappa shape index (κ1) is 16.2. The monoisotopic (exact) mass is 321 g/mol. The van der Waals surface area contributed by atoms with Gasteiger partial charge in [-0.2, -0.15) is 0 Å². The molecule has 0 bridgehead atoms. The predicted octanol–water partition coefficient (Wildman–Crippen LogP) is 4.56. The van der Waals surface area contributed by atoms with Crippen molar-refractivity contribution in [2.75, 3.05) is 6.61 Å². The third-order valence-electron chi connectivity index (χ3n) is 3.89. The standard InChI is InChI=1S/C20H23N3O/c1-2-3-7-14-24-19-12-10-18(11-13-19)20-16-23(22-21-20)15-17-8-5-4-6-9-17/h4-6,8-13,16H,2-3,7,14-15H2,1H3. The zero-order chi connectivity index (χ0) is 16.6. The Kier molecular flexibility index (Phi) is 5.61. The van der Waals surface area contributed by atoms with Crippen LogP contribution in [0.15, 0.2) is 60.8 Å². The van der Waals surface area contributed by atoms with Crippen molar-refractivity contribution in [3.05, 3.63) is 66.4 Å². The maximum absolute atomic E-state index is 5.74. The molecule has 0 atom stereocenters. The van der Waals surface area contributed by atoms with Crippen LogP contribution in [-0.4, -0.2) is 21.6 Å². The Balaban J connectivity index is 1.60. The number of ether oxygens (including phenoxy) is 1. The van der Waals surface area contributed by atoms with Gasteiger partial charge in [-0.3, -0.25) is 0 Å². The van der Waals surface area contributed by atoms with E-state index in [0.29, 0.717) is 0 Å². The highest BCUT2D eigenvalue weighted by Crippen LogP contribution is 2.20. The number of rotatable bonds is 8. The summed E-state index contributed by atoms with van der Waals surface area (Å²) in [7, 11) is 0. The van der Waals surface area contributed by atoms with Crippen LogP contribution in [0.3, 0.4) is 0 Å². The average molecular weight is 321 g/mol. The molecule has 2 aromatic carbocycles. The second-order valence-electron chi connectivity index (χ2n) is 5.87.